The van der Waals surface area contributed by atoms with Gasteiger partial charge in [0.05, 0.1) is 5.69 Å². The zero-order valence-electron chi connectivity index (χ0n) is 10.6. The summed E-state index contributed by atoms with van der Waals surface area (Å²) in [4.78, 5) is 15.5. The molecule has 1 aliphatic rings. The Morgan fingerprint density at radius 2 is 2.22 bits per heavy atom. The average Bonchev–Trinajstić information content (AvgIpc) is 2.79. The summed E-state index contributed by atoms with van der Waals surface area (Å²) < 4.78 is 5.29. The quantitative estimate of drug-likeness (QED) is 0.876. The fraction of sp³-hybridized carbons (Fsp3) is 0.667. The molecular weight excluding hydrogens is 252 g/mol. The van der Waals surface area contributed by atoms with Crippen molar-refractivity contribution in [1.29, 1.82) is 0 Å². The van der Waals surface area contributed by atoms with Crippen LogP contribution in [0.2, 0.25) is 0 Å². The van der Waals surface area contributed by atoms with Crippen LogP contribution in [0.1, 0.15) is 32.4 Å². The van der Waals surface area contributed by atoms with Crippen molar-refractivity contribution in [2.24, 2.45) is 0 Å². The molecule has 0 unspecified atom stereocenters. The van der Waals surface area contributed by atoms with Crippen LogP contribution in [0.5, 0.6) is 0 Å². The van der Waals surface area contributed by atoms with Crippen LogP contribution in [0.3, 0.4) is 0 Å². The Morgan fingerprint density at radius 3 is 2.83 bits per heavy atom. The zero-order chi connectivity index (χ0) is 13.2. The molecule has 0 saturated carbocycles. The summed E-state index contributed by atoms with van der Waals surface area (Å²) in [6, 6.07) is 0.380. The van der Waals surface area contributed by atoms with Gasteiger partial charge in [0.1, 0.15) is 5.41 Å². The Morgan fingerprint density at radius 1 is 1.56 bits per heavy atom. The van der Waals surface area contributed by atoms with Gasteiger partial charge in [-0.3, -0.25) is 4.79 Å². The van der Waals surface area contributed by atoms with E-state index in [1.165, 1.54) is 11.3 Å². The number of nitrogens with zero attached hydrogens (tertiary/aromatic N) is 1. The van der Waals surface area contributed by atoms with Crippen molar-refractivity contribution in [3.8, 4) is 0 Å². The molecule has 2 rings (SSSR count). The molecule has 1 aromatic rings. The van der Waals surface area contributed by atoms with E-state index in [9.17, 15) is 4.79 Å². The lowest BCUT2D eigenvalue weighted by molar-refractivity contribution is -0.142. The van der Waals surface area contributed by atoms with Crippen molar-refractivity contribution in [2.75, 3.05) is 18.5 Å². The molecule has 5 nitrogen and oxygen atoms in total. The summed E-state index contributed by atoms with van der Waals surface area (Å²) in [6.07, 6.45) is 1.94. The van der Waals surface area contributed by atoms with Crippen LogP contribution < -0.4 is 5.32 Å². The molecule has 0 spiro atoms. The van der Waals surface area contributed by atoms with Crippen LogP contribution in [0, 0.1) is 0 Å². The fourth-order valence-corrected chi connectivity index (χ4v) is 2.71. The van der Waals surface area contributed by atoms with Gasteiger partial charge in [-0.15, -0.1) is 11.3 Å². The number of hydrogen-bond acceptors (Lipinski definition) is 5. The van der Waals surface area contributed by atoms with E-state index in [4.69, 9.17) is 9.84 Å². The van der Waals surface area contributed by atoms with E-state index in [-0.39, 0.29) is 0 Å². The smallest absolute Gasteiger partial charge is 0.315 e. The van der Waals surface area contributed by atoms with Gasteiger partial charge in [-0.25, -0.2) is 4.98 Å². The molecule has 2 N–H and O–H groups in total. The molecule has 0 aromatic carbocycles. The van der Waals surface area contributed by atoms with Crippen molar-refractivity contribution < 1.29 is 14.6 Å². The molecule has 0 aliphatic carbocycles. The first kappa shape index (κ1) is 13.3. The van der Waals surface area contributed by atoms with Gasteiger partial charge in [0.2, 0.25) is 0 Å². The van der Waals surface area contributed by atoms with Crippen molar-refractivity contribution in [2.45, 2.75) is 38.1 Å². The van der Waals surface area contributed by atoms with E-state index in [2.05, 4.69) is 10.3 Å². The number of hydrogen-bond donors (Lipinski definition) is 2. The number of aliphatic carboxylic acids is 1. The van der Waals surface area contributed by atoms with Gasteiger partial charge >= 0.3 is 5.97 Å². The van der Waals surface area contributed by atoms with E-state index in [1.807, 2.05) is 5.38 Å². The van der Waals surface area contributed by atoms with Crippen LogP contribution in [0.15, 0.2) is 5.38 Å². The summed E-state index contributed by atoms with van der Waals surface area (Å²) in [5, 5.41) is 15.1. The number of aromatic nitrogens is 1. The minimum absolute atomic E-state index is 0.380. The third-order valence-corrected chi connectivity index (χ3v) is 4.00. The summed E-state index contributed by atoms with van der Waals surface area (Å²) >= 11 is 1.46. The van der Waals surface area contributed by atoms with Gasteiger partial charge in [0.15, 0.2) is 5.13 Å². The SMILES string of the molecule is CC(C)(C(=O)O)c1csc(NC2CCOCC2)n1. The summed E-state index contributed by atoms with van der Waals surface area (Å²) in [7, 11) is 0. The number of carboxylic acid groups (broad SMARTS) is 1. The number of anilines is 1. The highest BCUT2D eigenvalue weighted by atomic mass is 32.1. The lowest BCUT2D eigenvalue weighted by atomic mass is 9.90. The molecule has 0 amide bonds. The fourth-order valence-electron chi connectivity index (χ4n) is 1.75. The number of thiazole rings is 1. The molecule has 1 aliphatic heterocycles. The molecule has 2 heterocycles. The predicted octanol–water partition coefficient (Wildman–Crippen LogP) is 2.10. The Bertz CT molecular complexity index is 425. The van der Waals surface area contributed by atoms with Crippen molar-refractivity contribution >= 4 is 22.4 Å². The number of ether oxygens (including phenoxy) is 1. The van der Waals surface area contributed by atoms with E-state index in [0.717, 1.165) is 31.2 Å². The molecule has 0 bridgehead atoms. The minimum atomic E-state index is -0.938. The minimum Gasteiger partial charge on any atom is -0.481 e. The molecule has 6 heteroatoms. The van der Waals surface area contributed by atoms with Gasteiger partial charge in [0, 0.05) is 24.6 Å². The maximum Gasteiger partial charge on any atom is 0.315 e. The van der Waals surface area contributed by atoms with Crippen LogP contribution in [-0.4, -0.2) is 35.3 Å². The Hall–Kier alpha value is -1.14. The highest BCUT2D eigenvalue weighted by Crippen LogP contribution is 2.28. The first-order chi connectivity index (χ1) is 8.50. The van der Waals surface area contributed by atoms with Gasteiger partial charge in [0.25, 0.3) is 0 Å². The van der Waals surface area contributed by atoms with E-state index in [1.54, 1.807) is 13.8 Å². The van der Waals surface area contributed by atoms with E-state index >= 15 is 0 Å². The third-order valence-electron chi connectivity index (χ3n) is 3.23. The average molecular weight is 270 g/mol. The lowest BCUT2D eigenvalue weighted by Crippen LogP contribution is -2.29. The molecule has 1 saturated heterocycles. The first-order valence-corrected chi connectivity index (χ1v) is 6.92. The number of carbonyl (C=O) groups is 1. The second kappa shape index (κ2) is 5.24. The largest absolute Gasteiger partial charge is 0.481 e. The van der Waals surface area contributed by atoms with Gasteiger partial charge in [-0.05, 0) is 26.7 Å². The second-order valence-electron chi connectivity index (χ2n) is 5.00. The van der Waals surface area contributed by atoms with Crippen molar-refractivity contribution in [3.63, 3.8) is 0 Å². The molecule has 0 atom stereocenters. The Balaban J connectivity index is 2.03. The van der Waals surface area contributed by atoms with E-state index < -0.39 is 11.4 Å². The maximum absolute atomic E-state index is 11.1. The van der Waals surface area contributed by atoms with Gasteiger partial charge < -0.3 is 15.2 Å². The molecular formula is C12H18N2O3S. The van der Waals surface area contributed by atoms with Gasteiger partial charge in [-0.1, -0.05) is 0 Å². The van der Waals surface area contributed by atoms with Crippen LogP contribution >= 0.6 is 11.3 Å². The first-order valence-electron chi connectivity index (χ1n) is 6.04. The van der Waals surface area contributed by atoms with Crippen LogP contribution in [-0.2, 0) is 14.9 Å². The predicted molar refractivity (Wildman–Crippen MR) is 70.2 cm³/mol. The van der Waals surface area contributed by atoms with Crippen LogP contribution in [0.4, 0.5) is 5.13 Å². The summed E-state index contributed by atoms with van der Waals surface area (Å²) in [5.41, 5.74) is -0.332. The Kier molecular flexibility index (Phi) is 3.87. The summed E-state index contributed by atoms with van der Waals surface area (Å²) in [6.45, 7) is 4.89. The molecule has 18 heavy (non-hydrogen) atoms. The van der Waals surface area contributed by atoms with Crippen molar-refractivity contribution in [3.05, 3.63) is 11.1 Å². The molecule has 1 aromatic heterocycles. The monoisotopic (exact) mass is 270 g/mol. The highest BCUT2D eigenvalue weighted by Gasteiger charge is 2.32. The maximum atomic E-state index is 11.1. The lowest BCUT2D eigenvalue weighted by Gasteiger charge is -2.22. The van der Waals surface area contributed by atoms with Crippen molar-refractivity contribution in [1.82, 2.24) is 4.98 Å². The topological polar surface area (TPSA) is 71.5 Å². The normalized spacial score (nSPS) is 17.7. The molecule has 0 radical (unpaired) electrons. The molecule has 1 fully saturated rings. The number of rotatable bonds is 4. The summed E-state index contributed by atoms with van der Waals surface area (Å²) in [5.74, 6) is -0.856. The van der Waals surface area contributed by atoms with Gasteiger partial charge in [-0.2, -0.15) is 0 Å². The Labute approximate surface area is 110 Å². The number of carboxylic acids is 1. The molecule has 100 valence electrons. The van der Waals surface area contributed by atoms with Crippen LogP contribution in [0.25, 0.3) is 0 Å². The zero-order valence-corrected chi connectivity index (χ0v) is 11.4. The number of nitrogens with one attached hydrogen (secondary N) is 1. The third kappa shape index (κ3) is 2.81. The highest BCUT2D eigenvalue weighted by molar-refractivity contribution is 7.13. The van der Waals surface area contributed by atoms with E-state index in [0.29, 0.717) is 11.7 Å². The standard InChI is InChI=1S/C12H18N2O3S/c1-12(2,10(15)16)9-7-18-11(14-9)13-8-3-5-17-6-4-8/h7-8H,3-6H2,1-2H3,(H,13,14)(H,15,16). The second-order valence-corrected chi connectivity index (χ2v) is 5.86.